The van der Waals surface area contributed by atoms with Crippen LogP contribution in [0, 0.1) is 0 Å². The summed E-state index contributed by atoms with van der Waals surface area (Å²) < 4.78 is 17.0. The maximum absolute atomic E-state index is 12.9. The fourth-order valence-electron chi connectivity index (χ4n) is 4.46. The van der Waals surface area contributed by atoms with Gasteiger partial charge in [-0.2, -0.15) is 0 Å². The highest BCUT2D eigenvalue weighted by molar-refractivity contribution is 5.99. The largest absolute Gasteiger partial charge is 0.508 e. The first-order valence-electron chi connectivity index (χ1n) is 9.84. The predicted octanol–water partition coefficient (Wildman–Crippen LogP) is 3.43. The normalized spacial score (nSPS) is 17.4. The van der Waals surface area contributed by atoms with Crippen molar-refractivity contribution in [3.8, 4) is 23.0 Å². The smallest absolute Gasteiger partial charge is 0.340 e. The number of benzene rings is 3. The molecular formula is C24H16O9. The van der Waals surface area contributed by atoms with Crippen LogP contribution in [-0.4, -0.2) is 33.2 Å². The SMILES string of the molecule is CC(=O)OCc1c(C(=O)O)c(O)cc2c1C1(OC(=O)c3ccccc31)c1ccc(O)cc1O2. The van der Waals surface area contributed by atoms with Crippen molar-refractivity contribution in [2.45, 2.75) is 19.1 Å². The average molecular weight is 448 g/mol. The zero-order valence-electron chi connectivity index (χ0n) is 17.1. The van der Waals surface area contributed by atoms with Crippen molar-refractivity contribution >= 4 is 17.9 Å². The van der Waals surface area contributed by atoms with Crippen molar-refractivity contribution in [3.05, 3.63) is 81.9 Å². The van der Waals surface area contributed by atoms with E-state index < -0.39 is 41.4 Å². The Morgan fingerprint density at radius 1 is 1.03 bits per heavy atom. The van der Waals surface area contributed by atoms with Crippen LogP contribution in [0.5, 0.6) is 23.0 Å². The molecule has 0 radical (unpaired) electrons. The van der Waals surface area contributed by atoms with Crippen LogP contribution in [0.2, 0.25) is 0 Å². The van der Waals surface area contributed by atoms with E-state index in [0.29, 0.717) is 11.1 Å². The molecule has 0 saturated heterocycles. The van der Waals surface area contributed by atoms with Crippen molar-refractivity contribution < 1.29 is 43.9 Å². The molecule has 0 aromatic heterocycles. The van der Waals surface area contributed by atoms with Crippen molar-refractivity contribution in [2.75, 3.05) is 0 Å². The van der Waals surface area contributed by atoms with Gasteiger partial charge in [-0.25, -0.2) is 9.59 Å². The van der Waals surface area contributed by atoms with Gasteiger partial charge in [-0.3, -0.25) is 4.79 Å². The standard InChI is InChI=1S/C24H16O9/c1-11(25)31-10-14-20(22(28)29)17(27)9-19-21(14)24(16-7-6-12(26)8-18(16)32-19)15-5-3-2-4-13(15)23(30)33-24/h2-9,26-27H,10H2,1H3,(H,28,29). The maximum Gasteiger partial charge on any atom is 0.340 e. The Kier molecular flexibility index (Phi) is 4.32. The van der Waals surface area contributed by atoms with Gasteiger partial charge in [-0.05, 0) is 18.2 Å². The second-order valence-corrected chi connectivity index (χ2v) is 7.61. The number of aromatic hydroxyl groups is 2. The fourth-order valence-corrected chi connectivity index (χ4v) is 4.46. The molecule has 0 aliphatic carbocycles. The molecule has 5 rings (SSSR count). The Labute approximate surface area is 186 Å². The van der Waals surface area contributed by atoms with Crippen LogP contribution in [0.25, 0.3) is 0 Å². The Balaban J connectivity index is 1.93. The summed E-state index contributed by atoms with van der Waals surface area (Å²) in [7, 11) is 0. The number of aromatic carboxylic acids is 1. The van der Waals surface area contributed by atoms with Gasteiger partial charge in [0.2, 0.25) is 0 Å². The monoisotopic (exact) mass is 448 g/mol. The van der Waals surface area contributed by atoms with Crippen LogP contribution >= 0.6 is 0 Å². The Morgan fingerprint density at radius 2 is 1.79 bits per heavy atom. The van der Waals surface area contributed by atoms with E-state index in [1.165, 1.54) is 18.2 Å². The lowest BCUT2D eigenvalue weighted by molar-refractivity contribution is -0.142. The van der Waals surface area contributed by atoms with Crippen LogP contribution in [0.4, 0.5) is 0 Å². The summed E-state index contributed by atoms with van der Waals surface area (Å²) in [4.78, 5) is 36.6. The number of rotatable bonds is 3. The summed E-state index contributed by atoms with van der Waals surface area (Å²) >= 11 is 0. The number of carboxylic acids is 1. The minimum atomic E-state index is -1.67. The molecule has 1 unspecified atom stereocenters. The van der Waals surface area contributed by atoms with E-state index in [9.17, 15) is 29.7 Å². The molecule has 0 amide bonds. The van der Waals surface area contributed by atoms with Crippen LogP contribution in [-0.2, 0) is 26.5 Å². The summed E-state index contributed by atoms with van der Waals surface area (Å²) in [6.45, 7) is 0.636. The van der Waals surface area contributed by atoms with Gasteiger partial charge in [0.05, 0.1) is 11.1 Å². The minimum Gasteiger partial charge on any atom is -0.508 e. The third-order valence-corrected chi connectivity index (χ3v) is 5.70. The Bertz CT molecular complexity index is 1370. The van der Waals surface area contributed by atoms with Crippen LogP contribution < -0.4 is 4.74 Å². The summed E-state index contributed by atoms with van der Waals surface area (Å²) in [5.41, 5.74) is -1.16. The van der Waals surface area contributed by atoms with Crippen molar-refractivity contribution in [1.29, 1.82) is 0 Å². The van der Waals surface area contributed by atoms with Crippen LogP contribution in [0.1, 0.15) is 49.9 Å². The van der Waals surface area contributed by atoms with Crippen LogP contribution in [0.3, 0.4) is 0 Å². The van der Waals surface area contributed by atoms with Gasteiger partial charge in [-0.15, -0.1) is 0 Å². The van der Waals surface area contributed by atoms with E-state index in [-0.39, 0.29) is 33.9 Å². The molecule has 3 aromatic rings. The topological polar surface area (TPSA) is 140 Å². The number of carbonyl (C=O) groups excluding carboxylic acids is 2. The van der Waals surface area contributed by atoms with E-state index in [0.717, 1.165) is 13.0 Å². The van der Waals surface area contributed by atoms with E-state index in [2.05, 4.69) is 0 Å². The van der Waals surface area contributed by atoms with E-state index >= 15 is 0 Å². The molecule has 3 aromatic carbocycles. The first kappa shape index (κ1) is 20.4. The molecule has 2 aliphatic heterocycles. The van der Waals surface area contributed by atoms with Crippen molar-refractivity contribution in [1.82, 2.24) is 0 Å². The zero-order valence-corrected chi connectivity index (χ0v) is 17.1. The lowest BCUT2D eigenvalue weighted by Gasteiger charge is -2.38. The van der Waals surface area contributed by atoms with E-state index in [4.69, 9.17) is 14.2 Å². The predicted molar refractivity (Wildman–Crippen MR) is 110 cm³/mol. The molecule has 0 bridgehead atoms. The van der Waals surface area contributed by atoms with Gasteiger partial charge >= 0.3 is 17.9 Å². The highest BCUT2D eigenvalue weighted by Gasteiger charge is 2.55. The molecule has 3 N–H and O–H groups in total. The summed E-state index contributed by atoms with van der Waals surface area (Å²) in [6.07, 6.45) is 0. The van der Waals surface area contributed by atoms with E-state index in [1.54, 1.807) is 24.3 Å². The molecule has 9 heteroatoms. The zero-order chi connectivity index (χ0) is 23.5. The molecule has 0 fully saturated rings. The second-order valence-electron chi connectivity index (χ2n) is 7.61. The molecule has 166 valence electrons. The summed E-state index contributed by atoms with van der Waals surface area (Å²) in [5, 5.41) is 30.4. The molecule has 0 saturated carbocycles. The first-order valence-corrected chi connectivity index (χ1v) is 9.84. The number of fused-ring (bicyclic) bond motifs is 6. The number of hydrogen-bond acceptors (Lipinski definition) is 8. The quantitative estimate of drug-likeness (QED) is 0.514. The van der Waals surface area contributed by atoms with Gasteiger partial charge in [-0.1, -0.05) is 18.2 Å². The fraction of sp³-hybridized carbons (Fsp3) is 0.125. The number of carbonyl (C=O) groups is 3. The molecule has 2 heterocycles. The second kappa shape index (κ2) is 6.99. The molecule has 1 atom stereocenters. The lowest BCUT2D eigenvalue weighted by Crippen LogP contribution is -2.35. The third kappa shape index (κ3) is 2.82. The maximum atomic E-state index is 12.9. The Hall–Kier alpha value is -4.53. The van der Waals surface area contributed by atoms with Gasteiger partial charge in [0.25, 0.3) is 0 Å². The molecule has 33 heavy (non-hydrogen) atoms. The number of carboxylic acid groups (broad SMARTS) is 1. The number of esters is 2. The number of ether oxygens (including phenoxy) is 3. The van der Waals surface area contributed by atoms with Gasteiger partial charge in [0, 0.05) is 35.7 Å². The molecule has 1 spiro atoms. The molecular weight excluding hydrogens is 432 g/mol. The Morgan fingerprint density at radius 3 is 2.52 bits per heavy atom. The van der Waals surface area contributed by atoms with Crippen molar-refractivity contribution in [3.63, 3.8) is 0 Å². The highest BCUT2D eigenvalue weighted by atomic mass is 16.6. The molecule has 9 nitrogen and oxygen atoms in total. The van der Waals surface area contributed by atoms with E-state index in [1.807, 2.05) is 0 Å². The third-order valence-electron chi connectivity index (χ3n) is 5.70. The van der Waals surface area contributed by atoms with Gasteiger partial charge < -0.3 is 29.5 Å². The first-order chi connectivity index (χ1) is 15.7. The number of hydrogen-bond donors (Lipinski definition) is 3. The minimum absolute atomic E-state index is 0.0118. The highest BCUT2D eigenvalue weighted by Crippen LogP contribution is 2.58. The average Bonchev–Trinajstić information content (AvgIpc) is 3.04. The van der Waals surface area contributed by atoms with Gasteiger partial charge in [0.1, 0.15) is 35.2 Å². The number of phenols is 2. The van der Waals surface area contributed by atoms with Crippen LogP contribution in [0.15, 0.2) is 48.5 Å². The van der Waals surface area contributed by atoms with Gasteiger partial charge in [0.15, 0.2) is 5.60 Å². The summed E-state index contributed by atoms with van der Waals surface area (Å²) in [6, 6.07) is 11.9. The summed E-state index contributed by atoms with van der Waals surface area (Å²) in [5.74, 6) is -3.41. The van der Waals surface area contributed by atoms with Crippen molar-refractivity contribution in [2.24, 2.45) is 0 Å². The lowest BCUT2D eigenvalue weighted by atomic mass is 9.75. The molecule has 2 aliphatic rings. The number of phenolic OH excluding ortho intramolecular Hbond substituents is 1.